The summed E-state index contributed by atoms with van der Waals surface area (Å²) in [5.41, 5.74) is 0. The Morgan fingerprint density at radius 2 is 1.39 bits per heavy atom. The van der Waals surface area contributed by atoms with E-state index in [1.54, 1.807) is 0 Å². The molecule has 138 valence electrons. The molecule has 0 aliphatic carbocycles. The molecule has 1 aliphatic rings. The molecule has 0 radical (unpaired) electrons. The fraction of sp³-hybridized carbons (Fsp3) is 1.00. The minimum atomic E-state index is -1.14. The van der Waals surface area contributed by atoms with Crippen LogP contribution < -0.4 is 0 Å². The van der Waals surface area contributed by atoms with Crippen LogP contribution in [0.4, 0.5) is 0 Å². The van der Waals surface area contributed by atoms with Crippen molar-refractivity contribution in [3.05, 3.63) is 0 Å². The van der Waals surface area contributed by atoms with Crippen LogP contribution in [0.5, 0.6) is 0 Å². The normalized spacial score (nSPS) is 28.2. The molecule has 0 bridgehead atoms. The van der Waals surface area contributed by atoms with Gasteiger partial charge in [-0.2, -0.15) is 0 Å². The Bertz CT molecular complexity index is 274. The van der Waals surface area contributed by atoms with Crippen molar-refractivity contribution in [3.8, 4) is 0 Å². The lowest BCUT2D eigenvalue weighted by Gasteiger charge is -2.35. The number of hydrogen-bond donors (Lipinski definition) is 3. The van der Waals surface area contributed by atoms with E-state index in [0.717, 1.165) is 6.42 Å². The highest BCUT2D eigenvalue weighted by Gasteiger charge is 2.37. The van der Waals surface area contributed by atoms with E-state index in [4.69, 9.17) is 9.47 Å². The van der Waals surface area contributed by atoms with Crippen molar-refractivity contribution in [1.82, 2.24) is 0 Å². The summed E-state index contributed by atoms with van der Waals surface area (Å²) in [7, 11) is 0. The minimum absolute atomic E-state index is 0.0461. The van der Waals surface area contributed by atoms with E-state index in [-0.39, 0.29) is 13.2 Å². The van der Waals surface area contributed by atoms with Gasteiger partial charge < -0.3 is 24.8 Å². The number of aliphatic hydroxyl groups is 3. The summed E-state index contributed by atoms with van der Waals surface area (Å²) in [5, 5.41) is 28.7. The molecule has 1 saturated heterocycles. The number of unbranched alkanes of at least 4 members (excludes halogenated alkanes) is 9. The summed E-state index contributed by atoms with van der Waals surface area (Å²) >= 11 is 0. The van der Waals surface area contributed by atoms with Gasteiger partial charge in [0, 0.05) is 6.61 Å². The Hall–Kier alpha value is -0.200. The largest absolute Gasteiger partial charge is 0.388 e. The van der Waals surface area contributed by atoms with Gasteiger partial charge >= 0.3 is 0 Å². The summed E-state index contributed by atoms with van der Waals surface area (Å²) < 4.78 is 10.8. The second kappa shape index (κ2) is 13.1. The van der Waals surface area contributed by atoms with E-state index in [1.807, 2.05) is 0 Å². The van der Waals surface area contributed by atoms with Gasteiger partial charge in [0.15, 0.2) is 0 Å². The maximum absolute atomic E-state index is 9.77. The highest BCUT2D eigenvalue weighted by Crippen LogP contribution is 2.16. The Morgan fingerprint density at radius 1 is 0.826 bits per heavy atom. The van der Waals surface area contributed by atoms with Crippen LogP contribution >= 0.6 is 0 Å². The lowest BCUT2D eigenvalue weighted by Crippen LogP contribution is -2.54. The van der Waals surface area contributed by atoms with Gasteiger partial charge in [0.25, 0.3) is 0 Å². The quantitative estimate of drug-likeness (QED) is 0.451. The maximum Gasteiger partial charge on any atom is 0.111 e. The standard InChI is InChI=1S/C18H36O5/c1-2-3-4-5-6-7-8-9-10-11-12-22-14-16-18(21)17(20)15(19)13-23-16/h15-21H,2-14H2,1H3/t15-,16+,17+,18+/m0/s1. The molecule has 3 N–H and O–H groups in total. The van der Waals surface area contributed by atoms with E-state index < -0.39 is 24.4 Å². The van der Waals surface area contributed by atoms with Crippen molar-refractivity contribution < 1.29 is 24.8 Å². The van der Waals surface area contributed by atoms with Crippen LogP contribution in [-0.4, -0.2) is 59.6 Å². The first-order valence-electron chi connectivity index (χ1n) is 9.40. The van der Waals surface area contributed by atoms with Crippen LogP contribution in [0.2, 0.25) is 0 Å². The third-order valence-corrected chi connectivity index (χ3v) is 4.53. The van der Waals surface area contributed by atoms with Crippen LogP contribution in [0.25, 0.3) is 0 Å². The summed E-state index contributed by atoms with van der Waals surface area (Å²) in [6.07, 6.45) is 9.11. The van der Waals surface area contributed by atoms with Gasteiger partial charge in [0.2, 0.25) is 0 Å². The first-order chi connectivity index (χ1) is 11.2. The van der Waals surface area contributed by atoms with E-state index in [1.165, 1.54) is 57.8 Å². The molecule has 5 heteroatoms. The third-order valence-electron chi connectivity index (χ3n) is 4.53. The Morgan fingerprint density at radius 3 is 2.00 bits per heavy atom. The zero-order chi connectivity index (χ0) is 16.9. The highest BCUT2D eigenvalue weighted by atomic mass is 16.6. The molecular formula is C18H36O5. The van der Waals surface area contributed by atoms with Gasteiger partial charge in [-0.1, -0.05) is 64.7 Å². The van der Waals surface area contributed by atoms with Gasteiger partial charge in [-0.3, -0.25) is 0 Å². The maximum atomic E-state index is 9.77. The van der Waals surface area contributed by atoms with Gasteiger partial charge in [-0.05, 0) is 6.42 Å². The predicted molar refractivity (Wildman–Crippen MR) is 90.4 cm³/mol. The molecule has 0 aromatic carbocycles. The molecule has 0 aromatic heterocycles. The van der Waals surface area contributed by atoms with Crippen molar-refractivity contribution in [2.24, 2.45) is 0 Å². The average Bonchev–Trinajstić information content (AvgIpc) is 2.55. The topological polar surface area (TPSA) is 79.2 Å². The number of ether oxygens (including phenoxy) is 2. The zero-order valence-corrected chi connectivity index (χ0v) is 14.7. The molecule has 1 fully saturated rings. The second-order valence-electron chi connectivity index (χ2n) is 6.68. The van der Waals surface area contributed by atoms with Gasteiger partial charge in [0.05, 0.1) is 13.2 Å². The first-order valence-corrected chi connectivity index (χ1v) is 9.40. The smallest absolute Gasteiger partial charge is 0.111 e. The molecule has 0 spiro atoms. The van der Waals surface area contributed by atoms with Crippen molar-refractivity contribution in [1.29, 1.82) is 0 Å². The molecule has 1 heterocycles. The molecular weight excluding hydrogens is 296 g/mol. The van der Waals surface area contributed by atoms with Crippen LogP contribution in [0.1, 0.15) is 71.1 Å². The van der Waals surface area contributed by atoms with E-state index >= 15 is 0 Å². The number of rotatable bonds is 13. The number of aliphatic hydroxyl groups excluding tert-OH is 3. The van der Waals surface area contributed by atoms with E-state index in [2.05, 4.69) is 6.92 Å². The van der Waals surface area contributed by atoms with E-state index in [0.29, 0.717) is 6.61 Å². The van der Waals surface area contributed by atoms with Gasteiger partial charge in [0.1, 0.15) is 24.4 Å². The fourth-order valence-corrected chi connectivity index (χ4v) is 2.90. The third kappa shape index (κ3) is 9.01. The minimum Gasteiger partial charge on any atom is -0.388 e. The second-order valence-corrected chi connectivity index (χ2v) is 6.68. The van der Waals surface area contributed by atoms with Crippen LogP contribution in [0.15, 0.2) is 0 Å². The SMILES string of the molecule is CCCCCCCCCCCCOC[C@H]1OC[C@H](O)[C@@H](O)[C@@H]1O. The predicted octanol–water partition coefficient (Wildman–Crippen LogP) is 2.41. The number of hydrogen-bond acceptors (Lipinski definition) is 5. The van der Waals surface area contributed by atoms with Crippen LogP contribution in [0.3, 0.4) is 0 Å². The first kappa shape index (κ1) is 20.8. The van der Waals surface area contributed by atoms with Crippen molar-refractivity contribution in [2.75, 3.05) is 19.8 Å². The van der Waals surface area contributed by atoms with Crippen molar-refractivity contribution in [3.63, 3.8) is 0 Å². The van der Waals surface area contributed by atoms with Crippen LogP contribution in [0, 0.1) is 0 Å². The molecule has 23 heavy (non-hydrogen) atoms. The molecule has 1 aliphatic heterocycles. The molecule has 0 saturated carbocycles. The molecule has 4 atom stereocenters. The summed E-state index contributed by atoms with van der Waals surface area (Å²) in [4.78, 5) is 0. The summed E-state index contributed by atoms with van der Waals surface area (Å²) in [6, 6.07) is 0. The lowest BCUT2D eigenvalue weighted by atomic mass is 10.0. The Labute approximate surface area is 141 Å². The molecule has 1 rings (SSSR count). The zero-order valence-electron chi connectivity index (χ0n) is 14.7. The Kier molecular flexibility index (Phi) is 11.9. The van der Waals surface area contributed by atoms with Gasteiger partial charge in [-0.15, -0.1) is 0 Å². The van der Waals surface area contributed by atoms with Crippen molar-refractivity contribution in [2.45, 2.75) is 95.5 Å². The molecule has 0 amide bonds. The summed E-state index contributed by atoms with van der Waals surface area (Å²) in [6.45, 7) is 3.21. The van der Waals surface area contributed by atoms with E-state index in [9.17, 15) is 15.3 Å². The molecule has 5 nitrogen and oxygen atoms in total. The fourth-order valence-electron chi connectivity index (χ4n) is 2.90. The average molecular weight is 332 g/mol. The van der Waals surface area contributed by atoms with Crippen LogP contribution in [-0.2, 0) is 9.47 Å². The Balaban J connectivity index is 1.86. The van der Waals surface area contributed by atoms with Crippen molar-refractivity contribution >= 4 is 0 Å². The highest BCUT2D eigenvalue weighted by molar-refractivity contribution is 4.86. The molecule has 0 unspecified atom stereocenters. The van der Waals surface area contributed by atoms with Gasteiger partial charge in [-0.25, -0.2) is 0 Å². The lowest BCUT2D eigenvalue weighted by molar-refractivity contribution is -0.199. The summed E-state index contributed by atoms with van der Waals surface area (Å²) in [5.74, 6) is 0. The molecule has 0 aromatic rings. The monoisotopic (exact) mass is 332 g/mol.